The second-order valence-corrected chi connectivity index (χ2v) is 6.65. The number of anilines is 1. The molecule has 3 aromatic rings. The molecule has 6 heteroatoms. The molecule has 2 aromatic carbocycles. The minimum atomic E-state index is 0.314. The van der Waals surface area contributed by atoms with Crippen LogP contribution in [0.15, 0.2) is 55.9 Å². The molecule has 0 unspecified atom stereocenters. The molecule has 0 saturated carbocycles. The normalized spacial score (nSPS) is 10.8. The molecular formula is C15H9Br2ClN2O. The van der Waals surface area contributed by atoms with Crippen molar-refractivity contribution in [2.24, 2.45) is 0 Å². The Balaban J connectivity index is 2.24. The standard InChI is InChI=1S/C15H9Br2ClN2O/c16-9-5-8(6-10(17)7-9)14-13(15(19)20-21-14)11-3-1-2-4-12(11)18/h1-7H,(H2,19,20). The van der Waals surface area contributed by atoms with Crippen LogP contribution in [0.5, 0.6) is 0 Å². The molecule has 1 aromatic heterocycles. The topological polar surface area (TPSA) is 52.0 Å². The second kappa shape index (κ2) is 5.83. The van der Waals surface area contributed by atoms with E-state index in [0.717, 1.165) is 20.1 Å². The quantitative estimate of drug-likeness (QED) is 0.564. The number of rotatable bonds is 2. The molecule has 0 spiro atoms. The van der Waals surface area contributed by atoms with Gasteiger partial charge in [-0.3, -0.25) is 0 Å². The van der Waals surface area contributed by atoms with Gasteiger partial charge in [0.15, 0.2) is 11.6 Å². The van der Waals surface area contributed by atoms with E-state index in [4.69, 9.17) is 21.9 Å². The number of halogens is 3. The van der Waals surface area contributed by atoms with E-state index in [0.29, 0.717) is 22.2 Å². The third kappa shape index (κ3) is 2.86. The molecule has 3 rings (SSSR count). The highest BCUT2D eigenvalue weighted by molar-refractivity contribution is 9.11. The van der Waals surface area contributed by atoms with Crippen molar-refractivity contribution in [2.75, 3.05) is 5.73 Å². The minimum Gasteiger partial charge on any atom is -0.380 e. The Morgan fingerprint density at radius 2 is 1.71 bits per heavy atom. The van der Waals surface area contributed by atoms with Gasteiger partial charge in [0.1, 0.15) is 0 Å². The van der Waals surface area contributed by atoms with Crippen LogP contribution < -0.4 is 5.73 Å². The monoisotopic (exact) mass is 426 g/mol. The molecular weight excluding hydrogens is 419 g/mol. The van der Waals surface area contributed by atoms with Gasteiger partial charge in [0.25, 0.3) is 0 Å². The molecule has 0 aliphatic carbocycles. The lowest BCUT2D eigenvalue weighted by Crippen LogP contribution is -1.89. The summed E-state index contributed by atoms with van der Waals surface area (Å²) in [6.07, 6.45) is 0. The van der Waals surface area contributed by atoms with E-state index >= 15 is 0 Å². The predicted molar refractivity (Wildman–Crippen MR) is 92.2 cm³/mol. The molecule has 21 heavy (non-hydrogen) atoms. The summed E-state index contributed by atoms with van der Waals surface area (Å²) in [5.74, 6) is 0.900. The molecule has 3 nitrogen and oxygen atoms in total. The third-order valence-corrected chi connectivity index (χ3v) is 4.23. The van der Waals surface area contributed by atoms with Gasteiger partial charge in [-0.1, -0.05) is 66.8 Å². The van der Waals surface area contributed by atoms with Crippen LogP contribution in [-0.2, 0) is 0 Å². The Labute approximate surface area is 143 Å². The fourth-order valence-electron chi connectivity index (χ4n) is 2.11. The molecule has 0 saturated heterocycles. The van der Waals surface area contributed by atoms with Crippen LogP contribution in [0.25, 0.3) is 22.5 Å². The Hall–Kier alpha value is -1.30. The maximum absolute atomic E-state index is 6.27. The summed E-state index contributed by atoms with van der Waals surface area (Å²) < 4.78 is 7.27. The van der Waals surface area contributed by atoms with Crippen LogP contribution in [0.4, 0.5) is 5.82 Å². The van der Waals surface area contributed by atoms with Gasteiger partial charge in [-0.05, 0) is 24.3 Å². The fraction of sp³-hybridized carbons (Fsp3) is 0. The summed E-state index contributed by atoms with van der Waals surface area (Å²) in [6, 6.07) is 13.3. The van der Waals surface area contributed by atoms with Crippen LogP contribution in [0.3, 0.4) is 0 Å². The van der Waals surface area contributed by atoms with Gasteiger partial charge in [-0.2, -0.15) is 0 Å². The summed E-state index contributed by atoms with van der Waals surface area (Å²) >= 11 is 13.2. The first kappa shape index (κ1) is 14.6. The Kier molecular flexibility index (Phi) is 4.06. The van der Waals surface area contributed by atoms with Crippen LogP contribution in [-0.4, -0.2) is 5.16 Å². The van der Waals surface area contributed by atoms with Gasteiger partial charge in [0.2, 0.25) is 0 Å². The smallest absolute Gasteiger partial charge is 0.177 e. The Bertz CT molecular complexity index is 797. The lowest BCUT2D eigenvalue weighted by Gasteiger charge is -2.06. The minimum absolute atomic E-state index is 0.314. The van der Waals surface area contributed by atoms with Gasteiger partial charge in [0, 0.05) is 25.1 Å². The van der Waals surface area contributed by atoms with Crippen LogP contribution in [0, 0.1) is 0 Å². The predicted octanol–water partition coefficient (Wildman–Crippen LogP) is 5.77. The van der Waals surface area contributed by atoms with Gasteiger partial charge in [-0.25, -0.2) is 0 Å². The fourth-order valence-corrected chi connectivity index (χ4v) is 3.63. The largest absolute Gasteiger partial charge is 0.380 e. The van der Waals surface area contributed by atoms with Crippen molar-refractivity contribution >= 4 is 49.3 Å². The van der Waals surface area contributed by atoms with Crippen molar-refractivity contribution in [3.8, 4) is 22.5 Å². The molecule has 106 valence electrons. The van der Waals surface area contributed by atoms with E-state index < -0.39 is 0 Å². The first-order valence-corrected chi connectivity index (χ1v) is 7.99. The third-order valence-electron chi connectivity index (χ3n) is 2.99. The van der Waals surface area contributed by atoms with Gasteiger partial charge in [0.05, 0.1) is 5.56 Å². The van der Waals surface area contributed by atoms with E-state index in [1.807, 2.05) is 42.5 Å². The Morgan fingerprint density at radius 1 is 1.05 bits per heavy atom. The van der Waals surface area contributed by atoms with Crippen LogP contribution in [0.1, 0.15) is 0 Å². The highest BCUT2D eigenvalue weighted by atomic mass is 79.9. The Morgan fingerprint density at radius 3 is 2.38 bits per heavy atom. The molecule has 0 atom stereocenters. The van der Waals surface area contributed by atoms with Crippen molar-refractivity contribution in [3.63, 3.8) is 0 Å². The number of aromatic nitrogens is 1. The first-order valence-electron chi connectivity index (χ1n) is 6.03. The molecule has 0 amide bonds. The zero-order valence-corrected chi connectivity index (χ0v) is 14.5. The average Bonchev–Trinajstić information content (AvgIpc) is 2.80. The maximum atomic E-state index is 6.27. The van der Waals surface area contributed by atoms with Crippen molar-refractivity contribution in [2.45, 2.75) is 0 Å². The summed E-state index contributed by atoms with van der Waals surface area (Å²) in [7, 11) is 0. The highest BCUT2D eigenvalue weighted by Gasteiger charge is 2.20. The van der Waals surface area contributed by atoms with Crippen LogP contribution >= 0.6 is 43.5 Å². The summed E-state index contributed by atoms with van der Waals surface area (Å²) in [5.41, 5.74) is 8.32. The van der Waals surface area contributed by atoms with E-state index in [1.54, 1.807) is 0 Å². The maximum Gasteiger partial charge on any atom is 0.177 e. The van der Waals surface area contributed by atoms with Gasteiger partial charge in [-0.15, -0.1) is 0 Å². The summed E-state index contributed by atoms with van der Waals surface area (Å²) in [4.78, 5) is 0. The first-order chi connectivity index (χ1) is 10.1. The molecule has 0 aliphatic rings. The van der Waals surface area contributed by atoms with E-state index in [-0.39, 0.29) is 0 Å². The summed E-state index contributed by atoms with van der Waals surface area (Å²) in [6.45, 7) is 0. The van der Waals surface area contributed by atoms with Crippen molar-refractivity contribution in [3.05, 3.63) is 56.4 Å². The van der Waals surface area contributed by atoms with E-state index in [1.165, 1.54) is 0 Å². The van der Waals surface area contributed by atoms with Crippen molar-refractivity contribution < 1.29 is 4.52 Å². The molecule has 2 N–H and O–H groups in total. The molecule has 0 aliphatic heterocycles. The number of nitrogens with zero attached hydrogens (tertiary/aromatic N) is 1. The molecule has 0 bridgehead atoms. The van der Waals surface area contributed by atoms with E-state index in [9.17, 15) is 0 Å². The van der Waals surface area contributed by atoms with Crippen molar-refractivity contribution in [1.29, 1.82) is 0 Å². The number of nitrogens with two attached hydrogens (primary N) is 1. The van der Waals surface area contributed by atoms with Crippen LogP contribution in [0.2, 0.25) is 5.02 Å². The lowest BCUT2D eigenvalue weighted by molar-refractivity contribution is 0.436. The van der Waals surface area contributed by atoms with Gasteiger partial charge >= 0.3 is 0 Å². The zero-order valence-electron chi connectivity index (χ0n) is 10.6. The van der Waals surface area contributed by atoms with Crippen molar-refractivity contribution in [1.82, 2.24) is 5.16 Å². The molecule has 0 radical (unpaired) electrons. The summed E-state index contributed by atoms with van der Waals surface area (Å²) in [5, 5.41) is 4.48. The lowest BCUT2D eigenvalue weighted by atomic mass is 10.0. The zero-order chi connectivity index (χ0) is 15.0. The second-order valence-electron chi connectivity index (χ2n) is 4.41. The number of benzene rings is 2. The SMILES string of the molecule is Nc1noc(-c2cc(Br)cc(Br)c2)c1-c1ccccc1Cl. The number of hydrogen-bond acceptors (Lipinski definition) is 3. The van der Waals surface area contributed by atoms with Gasteiger partial charge < -0.3 is 10.3 Å². The number of nitrogen functional groups attached to an aromatic ring is 1. The van der Waals surface area contributed by atoms with E-state index in [2.05, 4.69) is 37.0 Å². The number of hydrogen-bond donors (Lipinski definition) is 1. The average molecular weight is 429 g/mol. The molecule has 1 heterocycles. The highest BCUT2D eigenvalue weighted by Crippen LogP contribution is 2.40. The molecule has 0 fully saturated rings.